The van der Waals surface area contributed by atoms with Gasteiger partial charge in [-0.05, 0) is 85.0 Å². The molecule has 0 bridgehead atoms. The van der Waals surface area contributed by atoms with Gasteiger partial charge in [0.1, 0.15) is 0 Å². The van der Waals surface area contributed by atoms with E-state index >= 15 is 0 Å². The highest BCUT2D eigenvalue weighted by molar-refractivity contribution is 7.99. The summed E-state index contributed by atoms with van der Waals surface area (Å²) in [5, 5.41) is 0. The van der Waals surface area contributed by atoms with Gasteiger partial charge in [-0.1, -0.05) is 72.9 Å². The minimum Gasteiger partial charge on any atom is -0.126 e. The third-order valence-electron chi connectivity index (χ3n) is 5.43. The molecule has 0 saturated carbocycles. The Labute approximate surface area is 216 Å². The highest BCUT2D eigenvalue weighted by Gasteiger charge is 1.98. The maximum atomic E-state index is 3.27. The first-order chi connectivity index (χ1) is 17.1. The standard InChI is InChI=1S/C33H28SSi/c1-35(2)26-25-34-33-23-21-32(22-24-33)20-19-31-17-15-30(16-18-31)14-13-29-11-9-28(10-12-29)8-7-27-5-3-4-6-27/h3-5,9-12,15-18,21-24,35H,6,25-26H2,1-2H3. The lowest BCUT2D eigenvalue weighted by Gasteiger charge is -2.03. The molecule has 35 heavy (non-hydrogen) atoms. The first-order valence-electron chi connectivity index (χ1n) is 12.0. The fraction of sp³-hybridized carbons (Fsp3) is 0.152. The number of thioether (sulfide) groups is 1. The van der Waals surface area contributed by atoms with E-state index in [-0.39, 0.29) is 0 Å². The zero-order valence-corrected chi connectivity index (χ0v) is 22.2. The summed E-state index contributed by atoms with van der Waals surface area (Å²) in [6.45, 7) is 4.81. The van der Waals surface area contributed by atoms with Crippen LogP contribution in [0.4, 0.5) is 0 Å². The number of hydrogen-bond donors (Lipinski definition) is 0. The molecule has 0 unspecified atom stereocenters. The van der Waals surface area contributed by atoms with Crippen LogP contribution >= 0.6 is 11.8 Å². The van der Waals surface area contributed by atoms with Crippen molar-refractivity contribution < 1.29 is 0 Å². The Balaban J connectivity index is 1.32. The summed E-state index contributed by atoms with van der Waals surface area (Å²) in [5.41, 5.74) is 6.16. The fourth-order valence-electron chi connectivity index (χ4n) is 3.30. The Morgan fingerprint density at radius 1 is 0.629 bits per heavy atom. The van der Waals surface area contributed by atoms with Crippen LogP contribution in [0.25, 0.3) is 0 Å². The zero-order valence-electron chi connectivity index (χ0n) is 20.3. The average molecular weight is 485 g/mol. The summed E-state index contributed by atoms with van der Waals surface area (Å²) in [7, 11) is -0.460. The van der Waals surface area contributed by atoms with Gasteiger partial charge < -0.3 is 0 Å². The lowest BCUT2D eigenvalue weighted by Crippen LogP contribution is -1.99. The molecule has 170 valence electrons. The summed E-state index contributed by atoms with van der Waals surface area (Å²) in [6, 6.07) is 26.2. The normalized spacial score (nSPS) is 11.6. The van der Waals surface area contributed by atoms with Gasteiger partial charge in [-0.15, -0.1) is 11.8 Å². The van der Waals surface area contributed by atoms with Crippen LogP contribution < -0.4 is 0 Å². The molecule has 1 aliphatic carbocycles. The maximum Gasteiger partial charge on any atom is 0.0313 e. The fourth-order valence-corrected chi connectivity index (χ4v) is 6.22. The van der Waals surface area contributed by atoms with Crippen molar-refractivity contribution in [3.8, 4) is 35.5 Å². The Morgan fingerprint density at radius 2 is 1.06 bits per heavy atom. The van der Waals surface area contributed by atoms with E-state index in [4.69, 9.17) is 0 Å². The Morgan fingerprint density at radius 3 is 1.46 bits per heavy atom. The van der Waals surface area contributed by atoms with E-state index in [1.54, 1.807) is 0 Å². The Bertz CT molecular complexity index is 1390. The molecule has 0 radical (unpaired) electrons. The van der Waals surface area contributed by atoms with Crippen LogP contribution in [0.15, 0.2) is 101 Å². The molecule has 4 rings (SSSR count). The van der Waals surface area contributed by atoms with Gasteiger partial charge in [-0.25, -0.2) is 0 Å². The second-order valence-corrected chi connectivity index (χ2v) is 13.3. The lowest BCUT2D eigenvalue weighted by molar-refractivity contribution is 1.36. The molecule has 0 N–H and O–H groups in total. The highest BCUT2D eigenvalue weighted by atomic mass is 32.2. The Kier molecular flexibility index (Phi) is 8.92. The van der Waals surface area contributed by atoms with Crippen LogP contribution in [0.2, 0.25) is 19.1 Å². The quantitative estimate of drug-likeness (QED) is 0.213. The first-order valence-corrected chi connectivity index (χ1v) is 16.1. The highest BCUT2D eigenvalue weighted by Crippen LogP contribution is 2.20. The monoisotopic (exact) mass is 484 g/mol. The van der Waals surface area contributed by atoms with Crippen LogP contribution in [-0.4, -0.2) is 14.5 Å². The molecular formula is C33H28SSi. The van der Waals surface area contributed by atoms with Crippen molar-refractivity contribution in [2.75, 3.05) is 5.75 Å². The van der Waals surface area contributed by atoms with E-state index < -0.39 is 8.80 Å². The van der Waals surface area contributed by atoms with Gasteiger partial charge in [0.25, 0.3) is 0 Å². The molecule has 0 aliphatic heterocycles. The molecule has 0 heterocycles. The number of rotatable bonds is 4. The van der Waals surface area contributed by atoms with Crippen LogP contribution in [-0.2, 0) is 0 Å². The van der Waals surface area contributed by atoms with Crippen LogP contribution in [0.3, 0.4) is 0 Å². The maximum absolute atomic E-state index is 3.27. The van der Waals surface area contributed by atoms with E-state index in [1.165, 1.54) is 16.7 Å². The predicted molar refractivity (Wildman–Crippen MR) is 154 cm³/mol. The molecule has 0 aromatic heterocycles. The summed E-state index contributed by atoms with van der Waals surface area (Å²) in [5.74, 6) is 20.6. The van der Waals surface area contributed by atoms with Gasteiger partial charge >= 0.3 is 0 Å². The van der Waals surface area contributed by atoms with Gasteiger partial charge in [0, 0.05) is 47.1 Å². The SMILES string of the molecule is C[SiH](C)CCSc1ccc(C#Cc2ccc(C#Cc3ccc(C#CC4=CC=CC4)cc3)cc2)cc1. The van der Waals surface area contributed by atoms with Crippen LogP contribution in [0, 0.1) is 35.5 Å². The minimum absolute atomic E-state index is 0.460. The molecule has 0 saturated heterocycles. The predicted octanol–water partition coefficient (Wildman–Crippen LogP) is 7.30. The third-order valence-corrected chi connectivity index (χ3v) is 8.34. The van der Waals surface area contributed by atoms with Crippen molar-refractivity contribution in [1.82, 2.24) is 0 Å². The molecule has 0 spiro atoms. The van der Waals surface area contributed by atoms with Gasteiger partial charge in [0.15, 0.2) is 0 Å². The second kappa shape index (κ2) is 12.7. The van der Waals surface area contributed by atoms with E-state index in [0.29, 0.717) is 0 Å². The van der Waals surface area contributed by atoms with E-state index in [1.807, 2.05) is 60.3 Å². The molecule has 0 atom stereocenters. The summed E-state index contributed by atoms with van der Waals surface area (Å²) >= 11 is 1.95. The minimum atomic E-state index is -0.460. The van der Waals surface area contributed by atoms with Crippen molar-refractivity contribution in [2.24, 2.45) is 0 Å². The van der Waals surface area contributed by atoms with Crippen LogP contribution in [0.5, 0.6) is 0 Å². The van der Waals surface area contributed by atoms with Crippen molar-refractivity contribution >= 4 is 20.6 Å². The van der Waals surface area contributed by atoms with Crippen LogP contribution in [0.1, 0.15) is 34.2 Å². The van der Waals surface area contributed by atoms with Gasteiger partial charge in [0.05, 0.1) is 0 Å². The second-order valence-electron chi connectivity index (χ2n) is 8.78. The van der Waals surface area contributed by atoms with E-state index in [2.05, 4.69) is 91.1 Å². The summed E-state index contributed by atoms with van der Waals surface area (Å²) in [6.07, 6.45) is 7.18. The topological polar surface area (TPSA) is 0 Å². The Hall–Kier alpha value is -3.61. The molecule has 3 aromatic rings. The smallest absolute Gasteiger partial charge is 0.0313 e. The summed E-state index contributed by atoms with van der Waals surface area (Å²) in [4.78, 5) is 1.33. The summed E-state index contributed by atoms with van der Waals surface area (Å²) < 4.78 is 0. The number of allylic oxidation sites excluding steroid dienone is 4. The molecule has 3 aromatic carbocycles. The van der Waals surface area contributed by atoms with Gasteiger partial charge in [0.2, 0.25) is 0 Å². The lowest BCUT2D eigenvalue weighted by atomic mass is 10.1. The number of benzene rings is 3. The molecular weight excluding hydrogens is 457 g/mol. The van der Waals surface area contributed by atoms with E-state index in [9.17, 15) is 0 Å². The van der Waals surface area contributed by atoms with Crippen molar-refractivity contribution in [3.05, 3.63) is 124 Å². The van der Waals surface area contributed by atoms with Gasteiger partial charge in [-0.2, -0.15) is 0 Å². The first kappa shape index (κ1) is 24.5. The van der Waals surface area contributed by atoms with Crippen molar-refractivity contribution in [3.63, 3.8) is 0 Å². The molecule has 1 aliphatic rings. The van der Waals surface area contributed by atoms with Crippen molar-refractivity contribution in [1.29, 1.82) is 0 Å². The largest absolute Gasteiger partial charge is 0.126 e. The zero-order chi connectivity index (χ0) is 24.3. The number of hydrogen-bond acceptors (Lipinski definition) is 1. The molecule has 0 nitrogen and oxygen atoms in total. The molecule has 2 heteroatoms. The molecule has 0 fully saturated rings. The van der Waals surface area contributed by atoms with Gasteiger partial charge in [-0.3, -0.25) is 0 Å². The average Bonchev–Trinajstić information content (AvgIpc) is 3.41. The van der Waals surface area contributed by atoms with E-state index in [0.717, 1.165) is 39.8 Å². The molecule has 0 amide bonds. The third kappa shape index (κ3) is 8.28. The van der Waals surface area contributed by atoms with Crippen molar-refractivity contribution in [2.45, 2.75) is 30.5 Å².